The van der Waals surface area contributed by atoms with Crippen LogP contribution in [0.5, 0.6) is 0 Å². The molecule has 10 heteroatoms. The molecule has 0 saturated carbocycles. The third-order valence-corrected chi connectivity index (χ3v) is 6.66. The van der Waals surface area contributed by atoms with Crippen molar-refractivity contribution >= 4 is 21.7 Å². The van der Waals surface area contributed by atoms with Gasteiger partial charge in [-0.1, -0.05) is 22.9 Å². The summed E-state index contributed by atoms with van der Waals surface area (Å²) in [7, 11) is -2.27. The lowest BCUT2D eigenvalue weighted by atomic mass is 10.2. The van der Waals surface area contributed by atoms with E-state index in [0.717, 1.165) is 9.87 Å². The lowest BCUT2D eigenvalue weighted by molar-refractivity contribution is 0.0430. The zero-order chi connectivity index (χ0) is 23.4. The molecule has 0 saturated heterocycles. The molecule has 2 aromatic carbocycles. The van der Waals surface area contributed by atoms with Crippen LogP contribution in [-0.2, 0) is 21.4 Å². The summed E-state index contributed by atoms with van der Waals surface area (Å²) >= 11 is 0. The van der Waals surface area contributed by atoms with Gasteiger partial charge in [-0.2, -0.15) is 4.98 Å². The van der Waals surface area contributed by atoms with Gasteiger partial charge in [-0.15, -0.1) is 0 Å². The zero-order valence-corrected chi connectivity index (χ0v) is 18.7. The van der Waals surface area contributed by atoms with Crippen molar-refractivity contribution in [1.29, 1.82) is 0 Å². The van der Waals surface area contributed by atoms with E-state index in [4.69, 9.17) is 9.26 Å². The van der Waals surface area contributed by atoms with E-state index in [-0.39, 0.29) is 23.0 Å². The molecule has 2 aromatic heterocycles. The number of aromatic nitrogens is 3. The minimum atomic E-state index is -3.72. The molecule has 0 radical (unpaired) electrons. The third kappa shape index (κ3) is 4.90. The molecule has 168 valence electrons. The molecule has 9 nitrogen and oxygen atoms in total. The highest BCUT2D eigenvalue weighted by molar-refractivity contribution is 7.92. The maximum Gasteiger partial charge on any atom is 0.338 e. The van der Waals surface area contributed by atoms with Crippen molar-refractivity contribution in [2.75, 3.05) is 11.4 Å². The molecular formula is C23H20N4O5S. The van der Waals surface area contributed by atoms with Crippen LogP contribution in [0.15, 0.2) is 82.5 Å². The standard InChI is InChI=1S/C23H20N4O5S/c1-16-5-11-20(12-6-16)33(29,30)27(2)19-9-7-17(8-10-19)23(28)31-15-21-25-22(26-32-21)18-4-3-13-24-14-18/h3-14H,15H2,1-2H3. The van der Waals surface area contributed by atoms with Gasteiger partial charge in [0.05, 0.1) is 16.1 Å². The number of nitrogens with zero attached hydrogens (tertiary/aromatic N) is 4. The average molecular weight is 465 g/mol. The van der Waals surface area contributed by atoms with Crippen LogP contribution in [0.1, 0.15) is 21.8 Å². The summed E-state index contributed by atoms with van der Waals surface area (Å²) in [6.45, 7) is 1.69. The van der Waals surface area contributed by atoms with Crippen molar-refractivity contribution in [3.05, 3.63) is 90.1 Å². The first-order valence-corrected chi connectivity index (χ1v) is 11.3. The Morgan fingerprint density at radius 1 is 1.06 bits per heavy atom. The van der Waals surface area contributed by atoms with Gasteiger partial charge in [0, 0.05) is 25.0 Å². The normalized spacial score (nSPS) is 11.2. The summed E-state index contributed by atoms with van der Waals surface area (Å²) in [6.07, 6.45) is 3.23. The molecule has 0 bridgehead atoms. The Morgan fingerprint density at radius 2 is 1.79 bits per heavy atom. The highest BCUT2D eigenvalue weighted by Gasteiger charge is 2.21. The zero-order valence-electron chi connectivity index (χ0n) is 17.9. The molecule has 0 amide bonds. The number of pyridine rings is 1. The monoisotopic (exact) mass is 464 g/mol. The van der Waals surface area contributed by atoms with Crippen molar-refractivity contribution in [2.45, 2.75) is 18.4 Å². The quantitative estimate of drug-likeness (QED) is 0.381. The molecule has 0 fully saturated rings. The smallest absolute Gasteiger partial charge is 0.338 e. The summed E-state index contributed by atoms with van der Waals surface area (Å²) in [5.74, 6) is -0.120. The average Bonchev–Trinajstić information content (AvgIpc) is 3.32. The van der Waals surface area contributed by atoms with Gasteiger partial charge in [-0.3, -0.25) is 9.29 Å². The van der Waals surface area contributed by atoms with Crippen molar-refractivity contribution in [1.82, 2.24) is 15.1 Å². The van der Waals surface area contributed by atoms with Gasteiger partial charge in [0.1, 0.15) is 0 Å². The highest BCUT2D eigenvalue weighted by Crippen LogP contribution is 2.23. The number of sulfonamides is 1. The Hall–Kier alpha value is -4.05. The van der Waals surface area contributed by atoms with Gasteiger partial charge >= 0.3 is 5.97 Å². The Kier molecular flexibility index (Phi) is 6.18. The van der Waals surface area contributed by atoms with Gasteiger partial charge in [0.25, 0.3) is 15.9 Å². The Labute approximate surface area is 190 Å². The van der Waals surface area contributed by atoms with Gasteiger partial charge in [0.15, 0.2) is 6.61 Å². The second-order valence-corrected chi connectivity index (χ2v) is 9.13. The van der Waals surface area contributed by atoms with E-state index in [1.807, 2.05) is 6.92 Å². The van der Waals surface area contributed by atoms with Crippen LogP contribution < -0.4 is 4.31 Å². The lowest BCUT2D eigenvalue weighted by Gasteiger charge is -2.19. The molecule has 0 aliphatic heterocycles. The second kappa shape index (κ2) is 9.21. The van der Waals surface area contributed by atoms with E-state index >= 15 is 0 Å². The molecule has 33 heavy (non-hydrogen) atoms. The predicted octanol–water partition coefficient (Wildman–Crippen LogP) is 3.62. The van der Waals surface area contributed by atoms with Crippen LogP contribution in [0.3, 0.4) is 0 Å². The van der Waals surface area contributed by atoms with Gasteiger partial charge in [-0.05, 0) is 55.5 Å². The highest BCUT2D eigenvalue weighted by atomic mass is 32.2. The van der Waals surface area contributed by atoms with E-state index in [0.29, 0.717) is 17.1 Å². The first-order chi connectivity index (χ1) is 15.8. The Bertz CT molecular complexity index is 1350. The van der Waals surface area contributed by atoms with Crippen LogP contribution in [0.25, 0.3) is 11.4 Å². The van der Waals surface area contributed by atoms with Crippen LogP contribution in [0.4, 0.5) is 5.69 Å². The number of anilines is 1. The number of ether oxygens (including phenoxy) is 1. The summed E-state index contributed by atoms with van der Waals surface area (Å²) in [5, 5.41) is 3.84. The van der Waals surface area contributed by atoms with E-state index < -0.39 is 16.0 Å². The third-order valence-electron chi connectivity index (χ3n) is 4.86. The maximum absolute atomic E-state index is 12.8. The number of aryl methyl sites for hydroxylation is 1. The minimum Gasteiger partial charge on any atom is -0.452 e. The number of benzene rings is 2. The van der Waals surface area contributed by atoms with E-state index in [1.54, 1.807) is 48.8 Å². The molecule has 0 aliphatic rings. The molecule has 0 atom stereocenters. The molecule has 0 N–H and O–H groups in total. The first-order valence-electron chi connectivity index (χ1n) is 9.90. The first kappa shape index (κ1) is 22.2. The fourth-order valence-electron chi connectivity index (χ4n) is 2.95. The van der Waals surface area contributed by atoms with Crippen molar-refractivity contribution in [3.63, 3.8) is 0 Å². The number of carbonyl (C=O) groups is 1. The lowest BCUT2D eigenvalue weighted by Crippen LogP contribution is -2.26. The molecule has 4 aromatic rings. The number of hydrogen-bond donors (Lipinski definition) is 0. The maximum atomic E-state index is 12.8. The molecular weight excluding hydrogens is 444 g/mol. The van der Waals surface area contributed by atoms with Crippen molar-refractivity contribution in [3.8, 4) is 11.4 Å². The van der Waals surface area contributed by atoms with Crippen LogP contribution in [0, 0.1) is 6.92 Å². The van der Waals surface area contributed by atoms with Crippen LogP contribution >= 0.6 is 0 Å². The summed E-state index contributed by atoms with van der Waals surface area (Å²) in [4.78, 5) is 20.7. The van der Waals surface area contributed by atoms with Gasteiger partial charge in [0.2, 0.25) is 5.82 Å². The van der Waals surface area contributed by atoms with Crippen molar-refractivity contribution < 1.29 is 22.5 Å². The SMILES string of the molecule is Cc1ccc(S(=O)(=O)N(C)c2ccc(C(=O)OCc3nc(-c4cccnc4)no3)cc2)cc1. The molecule has 0 aliphatic carbocycles. The molecule has 0 spiro atoms. The fourth-order valence-corrected chi connectivity index (χ4v) is 4.15. The predicted molar refractivity (Wildman–Crippen MR) is 120 cm³/mol. The van der Waals surface area contributed by atoms with Crippen LogP contribution in [0.2, 0.25) is 0 Å². The van der Waals surface area contributed by atoms with E-state index in [9.17, 15) is 13.2 Å². The minimum absolute atomic E-state index is 0.141. The van der Waals surface area contributed by atoms with E-state index in [1.165, 1.54) is 31.3 Å². The number of carbonyl (C=O) groups excluding carboxylic acids is 1. The largest absolute Gasteiger partial charge is 0.452 e. The van der Waals surface area contributed by atoms with E-state index in [2.05, 4.69) is 15.1 Å². The Balaban J connectivity index is 1.40. The Morgan fingerprint density at radius 3 is 2.45 bits per heavy atom. The summed E-state index contributed by atoms with van der Waals surface area (Å²) < 4.78 is 37.2. The number of esters is 1. The molecule has 0 unspecified atom stereocenters. The second-order valence-electron chi connectivity index (χ2n) is 7.16. The topological polar surface area (TPSA) is 115 Å². The molecule has 2 heterocycles. The number of hydrogen-bond acceptors (Lipinski definition) is 8. The summed E-state index contributed by atoms with van der Waals surface area (Å²) in [6, 6.07) is 16.2. The fraction of sp³-hybridized carbons (Fsp3) is 0.130. The van der Waals surface area contributed by atoms with Crippen molar-refractivity contribution in [2.24, 2.45) is 0 Å². The van der Waals surface area contributed by atoms with Crippen LogP contribution in [-0.4, -0.2) is 36.6 Å². The van der Waals surface area contributed by atoms with Gasteiger partial charge < -0.3 is 9.26 Å². The molecule has 4 rings (SSSR count). The van der Waals surface area contributed by atoms with Gasteiger partial charge in [-0.25, -0.2) is 13.2 Å². The number of rotatable bonds is 7. The summed E-state index contributed by atoms with van der Waals surface area (Å²) in [5.41, 5.74) is 2.31.